The van der Waals surface area contributed by atoms with Gasteiger partial charge < -0.3 is 25.4 Å². The Morgan fingerprint density at radius 2 is 2.18 bits per heavy atom. The fourth-order valence-electron chi connectivity index (χ4n) is 3.36. The molecule has 3 atom stereocenters. The summed E-state index contributed by atoms with van der Waals surface area (Å²) in [6.45, 7) is 1.84. The highest BCUT2D eigenvalue weighted by Crippen LogP contribution is 2.19. The summed E-state index contributed by atoms with van der Waals surface area (Å²) < 4.78 is 4.60. The molecule has 1 aromatic rings. The number of nitrogens with one attached hydrogen (secondary N) is 2. The topological polar surface area (TPSA) is 138 Å². The van der Waals surface area contributed by atoms with E-state index in [1.165, 1.54) is 4.90 Å². The molecular formula is C18H22N4O6. The number of likely N-dealkylation sites (tertiary alicyclic amines) is 1. The number of cyclic esters (lactones) is 1. The van der Waals surface area contributed by atoms with E-state index in [0.717, 1.165) is 0 Å². The summed E-state index contributed by atoms with van der Waals surface area (Å²) in [4.78, 5) is 53.9. The minimum Gasteiger partial charge on any atom is -0.434 e. The number of aliphatic hydroxyl groups is 1. The van der Waals surface area contributed by atoms with Gasteiger partial charge in [0.1, 0.15) is 12.1 Å². The molecule has 3 N–H and O–H groups in total. The Morgan fingerprint density at radius 1 is 1.39 bits per heavy atom. The van der Waals surface area contributed by atoms with Crippen LogP contribution in [0.3, 0.4) is 0 Å². The summed E-state index contributed by atoms with van der Waals surface area (Å²) >= 11 is 0. The third-order valence-corrected chi connectivity index (χ3v) is 4.84. The van der Waals surface area contributed by atoms with E-state index in [9.17, 15) is 24.3 Å². The fraction of sp³-hybridized carbons (Fsp3) is 0.500. The zero-order chi connectivity index (χ0) is 20.3. The molecule has 0 radical (unpaired) electrons. The van der Waals surface area contributed by atoms with Crippen LogP contribution in [0.25, 0.3) is 0 Å². The molecule has 0 aliphatic carbocycles. The monoisotopic (exact) mass is 390 g/mol. The first-order valence-electron chi connectivity index (χ1n) is 9.04. The van der Waals surface area contributed by atoms with Gasteiger partial charge in [-0.15, -0.1) is 0 Å². The quantitative estimate of drug-likeness (QED) is 0.540. The van der Waals surface area contributed by atoms with Crippen LogP contribution in [0, 0.1) is 6.92 Å². The van der Waals surface area contributed by atoms with Crippen molar-refractivity contribution in [2.24, 2.45) is 0 Å². The van der Waals surface area contributed by atoms with Gasteiger partial charge >= 0.3 is 5.97 Å². The van der Waals surface area contributed by atoms with Crippen LogP contribution in [-0.2, 0) is 19.1 Å². The molecule has 150 valence electrons. The second kappa shape index (κ2) is 8.34. The van der Waals surface area contributed by atoms with Gasteiger partial charge in [-0.3, -0.25) is 24.2 Å². The van der Waals surface area contributed by atoms with E-state index in [-0.39, 0.29) is 18.9 Å². The lowest BCUT2D eigenvalue weighted by atomic mass is 10.1. The van der Waals surface area contributed by atoms with Gasteiger partial charge in [-0.25, -0.2) is 0 Å². The van der Waals surface area contributed by atoms with Gasteiger partial charge in [0.15, 0.2) is 0 Å². The molecule has 3 amide bonds. The molecule has 2 saturated heterocycles. The van der Waals surface area contributed by atoms with Gasteiger partial charge in [-0.2, -0.15) is 0 Å². The van der Waals surface area contributed by atoms with Gasteiger partial charge in [0, 0.05) is 18.4 Å². The highest BCUT2D eigenvalue weighted by atomic mass is 16.6. The van der Waals surface area contributed by atoms with E-state index in [0.29, 0.717) is 30.6 Å². The normalized spacial score (nSPS) is 24.0. The number of carbonyl (C=O) groups is 4. The molecule has 2 aliphatic rings. The van der Waals surface area contributed by atoms with Crippen molar-refractivity contribution in [3.05, 3.63) is 29.6 Å². The molecule has 2 fully saturated rings. The molecule has 0 bridgehead atoms. The van der Waals surface area contributed by atoms with E-state index in [4.69, 9.17) is 0 Å². The van der Waals surface area contributed by atoms with Crippen LogP contribution in [0.1, 0.15) is 35.3 Å². The standard InChI is InChI=1S/C18H22N4O6/c1-10-11(4-2-6-19-10)16(25)20-9-14(23)22-7-3-5-13(22)17(26)21-12-8-15(24)28-18(12)27/h2,4,6,12-13,18,27H,3,5,7-9H2,1H3,(H,20,25)(H,21,26)/t12-,13-,18+/m0/s1. The number of aromatic nitrogens is 1. The summed E-state index contributed by atoms with van der Waals surface area (Å²) in [5, 5.41) is 14.7. The lowest BCUT2D eigenvalue weighted by molar-refractivity contribution is -0.155. The molecule has 1 aromatic heterocycles. The summed E-state index contributed by atoms with van der Waals surface area (Å²) in [6.07, 6.45) is 1.18. The van der Waals surface area contributed by atoms with Gasteiger partial charge in [0.25, 0.3) is 5.91 Å². The highest BCUT2D eigenvalue weighted by Gasteiger charge is 2.39. The van der Waals surface area contributed by atoms with Crippen molar-refractivity contribution >= 4 is 23.7 Å². The maximum Gasteiger partial charge on any atom is 0.310 e. The predicted molar refractivity (Wildman–Crippen MR) is 94.7 cm³/mol. The maximum absolute atomic E-state index is 12.5. The zero-order valence-electron chi connectivity index (χ0n) is 15.4. The number of esters is 1. The van der Waals surface area contributed by atoms with Crippen molar-refractivity contribution in [1.82, 2.24) is 20.5 Å². The molecule has 0 spiro atoms. The van der Waals surface area contributed by atoms with Crippen molar-refractivity contribution in [3.8, 4) is 0 Å². The van der Waals surface area contributed by atoms with E-state index < -0.39 is 36.2 Å². The summed E-state index contributed by atoms with van der Waals surface area (Å²) in [5.74, 6) is -1.84. The molecule has 3 rings (SSSR count). The number of carbonyl (C=O) groups excluding carboxylic acids is 4. The van der Waals surface area contributed by atoms with Crippen LogP contribution < -0.4 is 10.6 Å². The smallest absolute Gasteiger partial charge is 0.310 e. The van der Waals surface area contributed by atoms with Crippen molar-refractivity contribution in [3.63, 3.8) is 0 Å². The second-order valence-electron chi connectivity index (χ2n) is 6.76. The SMILES string of the molecule is Cc1ncccc1C(=O)NCC(=O)N1CCC[C@H]1C(=O)N[C@H]1CC(=O)O[C@H]1O. The number of hydrogen-bond donors (Lipinski definition) is 3. The summed E-state index contributed by atoms with van der Waals surface area (Å²) in [5.41, 5.74) is 0.934. The van der Waals surface area contributed by atoms with Crippen LogP contribution in [0.15, 0.2) is 18.3 Å². The minimum atomic E-state index is -1.39. The van der Waals surface area contributed by atoms with Gasteiger partial charge in [0.05, 0.1) is 18.5 Å². The number of nitrogens with zero attached hydrogens (tertiary/aromatic N) is 2. The first-order valence-corrected chi connectivity index (χ1v) is 9.04. The minimum absolute atomic E-state index is 0.117. The third-order valence-electron chi connectivity index (χ3n) is 4.84. The molecule has 10 heteroatoms. The van der Waals surface area contributed by atoms with Crippen LogP contribution in [-0.4, -0.2) is 70.1 Å². The van der Waals surface area contributed by atoms with Crippen LogP contribution >= 0.6 is 0 Å². The Kier molecular flexibility index (Phi) is 5.88. The predicted octanol–water partition coefficient (Wildman–Crippen LogP) is -1.14. The van der Waals surface area contributed by atoms with Crippen LogP contribution in [0.2, 0.25) is 0 Å². The maximum atomic E-state index is 12.5. The molecular weight excluding hydrogens is 368 g/mol. The van der Waals surface area contributed by atoms with Crippen LogP contribution in [0.5, 0.6) is 0 Å². The molecule has 10 nitrogen and oxygen atoms in total. The van der Waals surface area contributed by atoms with Crippen molar-refractivity contribution in [2.75, 3.05) is 13.1 Å². The largest absolute Gasteiger partial charge is 0.434 e. The lowest BCUT2D eigenvalue weighted by Gasteiger charge is -2.25. The van der Waals surface area contributed by atoms with Crippen molar-refractivity contribution < 1.29 is 29.0 Å². The summed E-state index contributed by atoms with van der Waals surface area (Å²) in [7, 11) is 0. The average Bonchev–Trinajstić information content (AvgIpc) is 3.26. The van der Waals surface area contributed by atoms with Gasteiger partial charge in [-0.1, -0.05) is 0 Å². The number of pyridine rings is 1. The number of aliphatic hydroxyl groups excluding tert-OH is 1. The van der Waals surface area contributed by atoms with Gasteiger partial charge in [0.2, 0.25) is 18.1 Å². The van der Waals surface area contributed by atoms with Crippen molar-refractivity contribution in [2.45, 2.75) is 44.6 Å². The first kappa shape index (κ1) is 19.7. The van der Waals surface area contributed by atoms with E-state index in [1.807, 2.05) is 0 Å². The number of amides is 3. The Labute approximate surface area is 161 Å². The molecule has 0 unspecified atom stereocenters. The fourth-order valence-corrected chi connectivity index (χ4v) is 3.36. The van der Waals surface area contributed by atoms with Gasteiger partial charge in [-0.05, 0) is 31.9 Å². The Bertz CT molecular complexity index is 798. The van der Waals surface area contributed by atoms with E-state index in [1.54, 1.807) is 25.3 Å². The molecule has 28 heavy (non-hydrogen) atoms. The number of ether oxygens (including phenoxy) is 1. The van der Waals surface area contributed by atoms with Crippen molar-refractivity contribution in [1.29, 1.82) is 0 Å². The second-order valence-corrected chi connectivity index (χ2v) is 6.76. The third kappa shape index (κ3) is 4.28. The highest BCUT2D eigenvalue weighted by molar-refractivity contribution is 5.98. The van der Waals surface area contributed by atoms with E-state index in [2.05, 4.69) is 20.4 Å². The average molecular weight is 390 g/mol. The Morgan fingerprint density at radius 3 is 2.86 bits per heavy atom. The zero-order valence-corrected chi connectivity index (χ0v) is 15.4. The molecule has 0 saturated carbocycles. The van der Waals surface area contributed by atoms with Crippen LogP contribution in [0.4, 0.5) is 0 Å². The summed E-state index contributed by atoms with van der Waals surface area (Å²) in [6, 6.07) is 1.71. The first-order chi connectivity index (χ1) is 13.4. The Hall–Kier alpha value is -3.01. The number of hydrogen-bond acceptors (Lipinski definition) is 7. The molecule has 2 aliphatic heterocycles. The number of rotatable bonds is 5. The Balaban J connectivity index is 1.55. The molecule has 0 aromatic carbocycles. The van der Waals surface area contributed by atoms with E-state index >= 15 is 0 Å². The lowest BCUT2D eigenvalue weighted by Crippen LogP contribution is -2.52. The molecule has 3 heterocycles. The number of aryl methyl sites for hydroxylation is 1.